The molecule has 0 saturated heterocycles. The highest BCUT2D eigenvalue weighted by molar-refractivity contribution is 5.85. The summed E-state index contributed by atoms with van der Waals surface area (Å²) < 4.78 is 2.16. The van der Waals surface area contributed by atoms with Crippen molar-refractivity contribution in [2.24, 2.45) is 13.0 Å². The summed E-state index contributed by atoms with van der Waals surface area (Å²) in [5, 5.41) is 4.37. The Morgan fingerprint density at radius 2 is 2.10 bits per heavy atom. The summed E-state index contributed by atoms with van der Waals surface area (Å²) in [6.45, 7) is 0.663. The number of para-hydroxylation sites is 1. The molecule has 0 radical (unpaired) electrons. The van der Waals surface area contributed by atoms with Crippen LogP contribution in [0.25, 0.3) is 10.9 Å². The summed E-state index contributed by atoms with van der Waals surface area (Å²) in [6.07, 6.45) is 4.28. The van der Waals surface area contributed by atoms with Crippen LogP contribution in [0.3, 0.4) is 0 Å². The van der Waals surface area contributed by atoms with Crippen LogP contribution in [0.15, 0.2) is 30.5 Å². The fourth-order valence-electron chi connectivity index (χ4n) is 2.90. The van der Waals surface area contributed by atoms with Gasteiger partial charge < -0.3 is 14.8 Å². The van der Waals surface area contributed by atoms with Gasteiger partial charge in [-0.3, -0.25) is 4.79 Å². The number of benzene rings is 1. The normalized spacial score (nSPS) is 16.4. The highest BCUT2D eigenvalue weighted by atomic mass is 16.2. The van der Waals surface area contributed by atoms with E-state index in [0.717, 1.165) is 12.8 Å². The number of aryl methyl sites for hydroxylation is 1. The minimum atomic E-state index is 0.193. The lowest BCUT2D eigenvalue weighted by atomic mass is 10.0. The molecule has 1 saturated carbocycles. The molecule has 4 heteroatoms. The van der Waals surface area contributed by atoms with Crippen LogP contribution in [-0.2, 0) is 11.8 Å². The summed E-state index contributed by atoms with van der Waals surface area (Å²) in [5.41, 5.74) is 2.50. The summed E-state index contributed by atoms with van der Waals surface area (Å²) in [4.78, 5) is 14.1. The van der Waals surface area contributed by atoms with Crippen molar-refractivity contribution in [1.82, 2.24) is 14.8 Å². The largest absolute Gasteiger partial charge is 0.354 e. The van der Waals surface area contributed by atoms with Gasteiger partial charge in [0.2, 0.25) is 5.91 Å². The van der Waals surface area contributed by atoms with Crippen LogP contribution in [0.5, 0.6) is 0 Å². The van der Waals surface area contributed by atoms with Gasteiger partial charge in [-0.15, -0.1) is 0 Å². The molecule has 3 rings (SSSR count). The van der Waals surface area contributed by atoms with E-state index in [2.05, 4.69) is 66.4 Å². The predicted molar refractivity (Wildman–Crippen MR) is 85.1 cm³/mol. The number of aromatic nitrogens is 1. The van der Waals surface area contributed by atoms with Crippen LogP contribution in [-0.4, -0.2) is 36.0 Å². The Labute approximate surface area is 125 Å². The first-order valence-corrected chi connectivity index (χ1v) is 7.56. The second-order valence-corrected chi connectivity index (χ2v) is 6.21. The first-order valence-electron chi connectivity index (χ1n) is 7.56. The molecule has 4 nitrogen and oxygen atoms in total. The third-order valence-electron chi connectivity index (χ3n) is 4.33. The molecule has 1 unspecified atom stereocenters. The van der Waals surface area contributed by atoms with Gasteiger partial charge in [0.25, 0.3) is 0 Å². The molecule has 1 heterocycles. The molecule has 1 aromatic carbocycles. The number of nitrogens with one attached hydrogen (secondary N) is 1. The molecule has 112 valence electrons. The quantitative estimate of drug-likeness (QED) is 0.915. The number of fused-ring (bicyclic) bond motifs is 1. The van der Waals surface area contributed by atoms with Crippen molar-refractivity contribution < 1.29 is 4.79 Å². The second kappa shape index (κ2) is 5.53. The number of carbonyl (C=O) groups excluding carboxylic acids is 1. The maximum absolute atomic E-state index is 11.9. The topological polar surface area (TPSA) is 37.3 Å². The van der Waals surface area contributed by atoms with Crippen LogP contribution >= 0.6 is 0 Å². The number of amides is 1. The lowest BCUT2D eigenvalue weighted by Crippen LogP contribution is -2.35. The van der Waals surface area contributed by atoms with Crippen LogP contribution < -0.4 is 5.32 Å². The van der Waals surface area contributed by atoms with Crippen molar-refractivity contribution in [3.05, 3.63) is 36.0 Å². The minimum absolute atomic E-state index is 0.193. The molecule has 1 aromatic heterocycles. The fourth-order valence-corrected chi connectivity index (χ4v) is 2.90. The summed E-state index contributed by atoms with van der Waals surface area (Å²) in [7, 11) is 6.20. The fraction of sp³-hybridized carbons (Fsp3) is 0.471. The van der Waals surface area contributed by atoms with E-state index in [-0.39, 0.29) is 17.9 Å². The second-order valence-electron chi connectivity index (χ2n) is 6.21. The smallest absolute Gasteiger partial charge is 0.223 e. The first-order chi connectivity index (χ1) is 10.1. The molecular weight excluding hydrogens is 262 g/mol. The third kappa shape index (κ3) is 2.81. The number of carbonyl (C=O) groups is 1. The summed E-state index contributed by atoms with van der Waals surface area (Å²) in [6, 6.07) is 8.62. The van der Waals surface area contributed by atoms with E-state index in [4.69, 9.17) is 0 Å². The first kappa shape index (κ1) is 14.1. The minimum Gasteiger partial charge on any atom is -0.354 e. The number of nitrogens with zero attached hydrogens (tertiary/aromatic N) is 2. The standard InChI is InChI=1S/C17H23N3O/c1-19(2)16(10-18-17(21)12-8-9-12)14-11-20(3)15-7-5-4-6-13(14)15/h4-7,11-12,16H,8-10H2,1-3H3,(H,18,21). The summed E-state index contributed by atoms with van der Waals surface area (Å²) >= 11 is 0. The Kier molecular flexibility index (Phi) is 3.72. The lowest BCUT2D eigenvalue weighted by Gasteiger charge is -2.24. The van der Waals surface area contributed by atoms with Gasteiger partial charge in [0.15, 0.2) is 0 Å². The predicted octanol–water partition coefficient (Wildman–Crippen LogP) is 2.31. The Bertz CT molecular complexity index is 655. The third-order valence-corrected chi connectivity index (χ3v) is 4.33. The molecule has 1 amide bonds. The van der Waals surface area contributed by atoms with Gasteiger partial charge in [0, 0.05) is 36.6 Å². The maximum atomic E-state index is 11.9. The zero-order valence-electron chi connectivity index (χ0n) is 13.0. The van der Waals surface area contributed by atoms with Crippen LogP contribution in [0.1, 0.15) is 24.4 Å². The van der Waals surface area contributed by atoms with Gasteiger partial charge >= 0.3 is 0 Å². The van der Waals surface area contributed by atoms with E-state index in [1.165, 1.54) is 16.5 Å². The number of likely N-dealkylation sites (N-methyl/N-ethyl adjacent to an activating group) is 1. The molecule has 1 aliphatic carbocycles. The number of rotatable bonds is 5. The van der Waals surface area contributed by atoms with Gasteiger partial charge in [-0.25, -0.2) is 0 Å². The summed E-state index contributed by atoms with van der Waals surface area (Å²) in [5.74, 6) is 0.474. The van der Waals surface area contributed by atoms with Crippen molar-refractivity contribution in [3.8, 4) is 0 Å². The van der Waals surface area contributed by atoms with Gasteiger partial charge in [-0.05, 0) is 38.6 Å². The van der Waals surface area contributed by atoms with Crippen molar-refractivity contribution in [1.29, 1.82) is 0 Å². The van der Waals surface area contributed by atoms with Gasteiger partial charge in [0.1, 0.15) is 0 Å². The van der Waals surface area contributed by atoms with Crippen molar-refractivity contribution in [2.45, 2.75) is 18.9 Å². The van der Waals surface area contributed by atoms with E-state index < -0.39 is 0 Å². The van der Waals surface area contributed by atoms with Crippen LogP contribution in [0, 0.1) is 5.92 Å². The molecule has 1 aliphatic rings. The Morgan fingerprint density at radius 1 is 1.38 bits per heavy atom. The maximum Gasteiger partial charge on any atom is 0.223 e. The SMILES string of the molecule is CN(C)C(CNC(=O)C1CC1)c1cn(C)c2ccccc12. The Morgan fingerprint density at radius 3 is 2.76 bits per heavy atom. The molecule has 1 atom stereocenters. The highest BCUT2D eigenvalue weighted by Gasteiger charge is 2.30. The molecule has 2 aromatic rings. The Balaban J connectivity index is 1.86. The zero-order valence-corrected chi connectivity index (χ0v) is 13.0. The molecule has 1 fully saturated rings. The molecule has 0 spiro atoms. The van der Waals surface area contributed by atoms with Crippen molar-refractivity contribution in [3.63, 3.8) is 0 Å². The van der Waals surface area contributed by atoms with E-state index in [0.29, 0.717) is 6.54 Å². The lowest BCUT2D eigenvalue weighted by molar-refractivity contribution is -0.122. The number of hydrogen-bond donors (Lipinski definition) is 1. The van der Waals surface area contributed by atoms with Crippen LogP contribution in [0.4, 0.5) is 0 Å². The molecule has 0 bridgehead atoms. The van der Waals surface area contributed by atoms with Gasteiger partial charge in [-0.2, -0.15) is 0 Å². The number of hydrogen-bond acceptors (Lipinski definition) is 2. The highest BCUT2D eigenvalue weighted by Crippen LogP contribution is 2.30. The van der Waals surface area contributed by atoms with Crippen LogP contribution in [0.2, 0.25) is 0 Å². The van der Waals surface area contributed by atoms with E-state index in [1.807, 2.05) is 0 Å². The van der Waals surface area contributed by atoms with Gasteiger partial charge in [-0.1, -0.05) is 18.2 Å². The monoisotopic (exact) mass is 285 g/mol. The van der Waals surface area contributed by atoms with Crippen molar-refractivity contribution >= 4 is 16.8 Å². The molecule has 0 aliphatic heterocycles. The molecule has 1 N–H and O–H groups in total. The average Bonchev–Trinajstić information content (AvgIpc) is 3.26. The average molecular weight is 285 g/mol. The Hall–Kier alpha value is -1.81. The van der Waals surface area contributed by atoms with E-state index in [9.17, 15) is 4.79 Å². The molecular formula is C17H23N3O. The van der Waals surface area contributed by atoms with Crippen molar-refractivity contribution in [2.75, 3.05) is 20.6 Å². The molecule has 21 heavy (non-hydrogen) atoms. The zero-order chi connectivity index (χ0) is 15.0. The van der Waals surface area contributed by atoms with E-state index in [1.54, 1.807) is 0 Å². The van der Waals surface area contributed by atoms with E-state index >= 15 is 0 Å². The van der Waals surface area contributed by atoms with Gasteiger partial charge in [0.05, 0.1) is 6.04 Å².